The first kappa shape index (κ1) is 13.9. The number of para-hydroxylation sites is 1. The molecule has 1 atom stereocenters. The summed E-state index contributed by atoms with van der Waals surface area (Å²) in [6.45, 7) is 1.95. The number of likely N-dealkylation sites (N-methyl/N-ethyl adjacent to an activating group) is 1. The summed E-state index contributed by atoms with van der Waals surface area (Å²) in [5, 5.41) is 1.11. The average molecular weight is 274 g/mol. The van der Waals surface area contributed by atoms with Gasteiger partial charge in [0.2, 0.25) is 0 Å². The van der Waals surface area contributed by atoms with Gasteiger partial charge in [-0.2, -0.15) is 0 Å². The highest BCUT2D eigenvalue weighted by Gasteiger charge is 2.34. The van der Waals surface area contributed by atoms with Crippen LogP contribution in [-0.2, 0) is 10.3 Å². The molecule has 1 aromatic heterocycles. The van der Waals surface area contributed by atoms with Gasteiger partial charge in [-0.25, -0.2) is 4.98 Å². The van der Waals surface area contributed by atoms with Gasteiger partial charge in [0.15, 0.2) is 5.60 Å². The predicted molar refractivity (Wildman–Crippen MR) is 82.4 cm³/mol. The molecule has 0 aliphatic heterocycles. The summed E-state index contributed by atoms with van der Waals surface area (Å²) in [6, 6.07) is 12.0. The number of hydrogen-bond acceptors (Lipinski definition) is 3. The van der Waals surface area contributed by atoms with Crippen molar-refractivity contribution in [2.75, 3.05) is 21.2 Å². The molecule has 3 nitrogen and oxygen atoms in total. The van der Waals surface area contributed by atoms with Crippen LogP contribution in [0.5, 0.6) is 0 Å². The summed E-state index contributed by atoms with van der Waals surface area (Å²) in [4.78, 5) is 7.27. The van der Waals surface area contributed by atoms with Crippen LogP contribution >= 0.6 is 12.2 Å². The number of aromatic nitrogens is 1. The first-order chi connectivity index (χ1) is 8.99. The lowest BCUT2D eigenvalue weighted by molar-refractivity contribution is 0.0549. The lowest BCUT2D eigenvalue weighted by Crippen LogP contribution is -2.42. The Balaban J connectivity index is 2.54. The maximum Gasteiger partial charge on any atom is 0.156 e. The highest BCUT2D eigenvalue weighted by molar-refractivity contribution is 7.80. The molecule has 100 valence electrons. The van der Waals surface area contributed by atoms with E-state index in [2.05, 4.69) is 4.98 Å². The summed E-state index contributed by atoms with van der Waals surface area (Å²) in [6.07, 6.45) is 0. The molecule has 0 saturated heterocycles. The number of rotatable bonds is 3. The molecule has 0 amide bonds. The normalized spacial score (nSPS) is 14.1. The molecule has 0 saturated carbocycles. The Hall–Kier alpha value is -1.52. The smallest absolute Gasteiger partial charge is 0.156 e. The Morgan fingerprint density at radius 3 is 2.53 bits per heavy atom. The molecule has 19 heavy (non-hydrogen) atoms. The number of ether oxygens (including phenoxy) is 1. The van der Waals surface area contributed by atoms with Crippen molar-refractivity contribution in [3.63, 3.8) is 0 Å². The first-order valence-electron chi connectivity index (χ1n) is 6.12. The van der Waals surface area contributed by atoms with Gasteiger partial charge in [-0.05, 0) is 19.1 Å². The molecule has 1 aromatic carbocycles. The highest BCUT2D eigenvalue weighted by atomic mass is 32.1. The zero-order valence-electron chi connectivity index (χ0n) is 11.7. The molecule has 2 rings (SSSR count). The van der Waals surface area contributed by atoms with Crippen LogP contribution in [0.1, 0.15) is 12.6 Å². The van der Waals surface area contributed by atoms with E-state index in [1.54, 1.807) is 7.11 Å². The zero-order valence-corrected chi connectivity index (χ0v) is 12.5. The minimum Gasteiger partial charge on any atom is -0.370 e. The van der Waals surface area contributed by atoms with Crippen molar-refractivity contribution < 1.29 is 4.74 Å². The molecule has 0 aliphatic rings. The van der Waals surface area contributed by atoms with E-state index in [9.17, 15) is 0 Å². The zero-order chi connectivity index (χ0) is 14.0. The van der Waals surface area contributed by atoms with E-state index in [-0.39, 0.29) is 0 Å². The molecule has 0 N–H and O–H groups in total. The van der Waals surface area contributed by atoms with Gasteiger partial charge in [0, 0.05) is 26.6 Å². The molecule has 0 spiro atoms. The summed E-state index contributed by atoms with van der Waals surface area (Å²) in [5.41, 5.74) is 1.08. The number of nitrogens with zero attached hydrogens (tertiary/aromatic N) is 2. The van der Waals surface area contributed by atoms with Crippen molar-refractivity contribution in [1.29, 1.82) is 0 Å². The topological polar surface area (TPSA) is 25.4 Å². The Bertz CT molecular complexity index is 612. The van der Waals surface area contributed by atoms with Gasteiger partial charge in [0.1, 0.15) is 4.99 Å². The van der Waals surface area contributed by atoms with E-state index in [1.165, 1.54) is 0 Å². The van der Waals surface area contributed by atoms with Crippen LogP contribution in [0.2, 0.25) is 0 Å². The fraction of sp³-hybridized carbons (Fsp3) is 0.333. The standard InChI is InChI=1S/C15H18N2OS/c1-15(18-4,14(19)17(2)3)13-10-9-11-7-5-6-8-12(11)16-13/h5-10H,1-4H3. The highest BCUT2D eigenvalue weighted by Crippen LogP contribution is 2.27. The summed E-state index contributed by atoms with van der Waals surface area (Å²) >= 11 is 5.48. The van der Waals surface area contributed by atoms with Crippen molar-refractivity contribution in [3.05, 3.63) is 42.1 Å². The van der Waals surface area contributed by atoms with Crippen LogP contribution in [0.25, 0.3) is 10.9 Å². The Morgan fingerprint density at radius 2 is 1.89 bits per heavy atom. The summed E-state index contributed by atoms with van der Waals surface area (Å²) in [5.74, 6) is 0. The minimum absolute atomic E-state index is 0.692. The van der Waals surface area contributed by atoms with E-state index in [0.29, 0.717) is 4.99 Å². The third-order valence-electron chi connectivity index (χ3n) is 3.31. The van der Waals surface area contributed by atoms with Gasteiger partial charge >= 0.3 is 0 Å². The number of thiocarbonyl (C=S) groups is 1. The number of benzene rings is 1. The van der Waals surface area contributed by atoms with E-state index in [4.69, 9.17) is 17.0 Å². The molecule has 1 heterocycles. The third-order valence-corrected chi connectivity index (χ3v) is 4.06. The van der Waals surface area contributed by atoms with Gasteiger partial charge in [-0.3, -0.25) is 0 Å². The molecular weight excluding hydrogens is 256 g/mol. The Labute approximate surface area is 119 Å². The van der Waals surface area contributed by atoms with Crippen LogP contribution in [0.3, 0.4) is 0 Å². The fourth-order valence-electron chi connectivity index (χ4n) is 2.06. The Morgan fingerprint density at radius 1 is 1.21 bits per heavy atom. The average Bonchev–Trinajstić information content (AvgIpc) is 2.45. The van der Waals surface area contributed by atoms with Gasteiger partial charge < -0.3 is 9.64 Å². The van der Waals surface area contributed by atoms with Crippen LogP contribution in [-0.4, -0.2) is 36.1 Å². The second-order valence-corrected chi connectivity index (χ2v) is 5.21. The van der Waals surface area contributed by atoms with Crippen molar-refractivity contribution in [2.24, 2.45) is 0 Å². The van der Waals surface area contributed by atoms with Gasteiger partial charge in [0.25, 0.3) is 0 Å². The second-order valence-electron chi connectivity index (χ2n) is 4.83. The van der Waals surface area contributed by atoms with Gasteiger partial charge in [0.05, 0.1) is 11.2 Å². The van der Waals surface area contributed by atoms with Crippen LogP contribution in [0.4, 0.5) is 0 Å². The summed E-state index contributed by atoms with van der Waals surface area (Å²) in [7, 11) is 5.49. The molecule has 0 aliphatic carbocycles. The van der Waals surface area contributed by atoms with Crippen molar-refractivity contribution >= 4 is 28.1 Å². The molecule has 0 bridgehead atoms. The lowest BCUT2D eigenvalue weighted by atomic mass is 9.99. The number of pyridine rings is 1. The monoisotopic (exact) mass is 274 g/mol. The van der Waals surface area contributed by atoms with Crippen LogP contribution < -0.4 is 0 Å². The lowest BCUT2D eigenvalue weighted by Gasteiger charge is -2.32. The van der Waals surface area contributed by atoms with Crippen LogP contribution in [0, 0.1) is 0 Å². The number of methoxy groups -OCH3 is 1. The quantitative estimate of drug-likeness (QED) is 0.804. The fourth-order valence-corrected chi connectivity index (χ4v) is 2.25. The number of fused-ring (bicyclic) bond motifs is 1. The van der Waals surface area contributed by atoms with Crippen molar-refractivity contribution in [3.8, 4) is 0 Å². The van der Waals surface area contributed by atoms with Gasteiger partial charge in [-0.1, -0.05) is 36.5 Å². The summed E-state index contributed by atoms with van der Waals surface area (Å²) < 4.78 is 5.65. The molecule has 2 aromatic rings. The van der Waals surface area contributed by atoms with E-state index in [0.717, 1.165) is 16.6 Å². The van der Waals surface area contributed by atoms with E-state index < -0.39 is 5.60 Å². The molecular formula is C15H18N2OS. The van der Waals surface area contributed by atoms with Crippen molar-refractivity contribution in [2.45, 2.75) is 12.5 Å². The molecule has 0 radical (unpaired) electrons. The van der Waals surface area contributed by atoms with Crippen molar-refractivity contribution in [1.82, 2.24) is 9.88 Å². The maximum atomic E-state index is 5.65. The largest absolute Gasteiger partial charge is 0.370 e. The van der Waals surface area contributed by atoms with Gasteiger partial charge in [-0.15, -0.1) is 0 Å². The Kier molecular flexibility index (Phi) is 3.83. The molecule has 0 fully saturated rings. The predicted octanol–water partition coefficient (Wildman–Crippen LogP) is 2.99. The third kappa shape index (κ3) is 2.46. The molecule has 4 heteroatoms. The number of hydrogen-bond donors (Lipinski definition) is 0. The van der Waals surface area contributed by atoms with E-state index >= 15 is 0 Å². The minimum atomic E-state index is -0.692. The first-order valence-corrected chi connectivity index (χ1v) is 6.53. The maximum absolute atomic E-state index is 5.65. The van der Waals surface area contributed by atoms with E-state index in [1.807, 2.05) is 62.3 Å². The van der Waals surface area contributed by atoms with Crippen LogP contribution in [0.15, 0.2) is 36.4 Å². The SMILES string of the molecule is COC(C)(C(=S)N(C)C)c1ccc2ccccc2n1. The molecule has 1 unspecified atom stereocenters. The second kappa shape index (κ2) is 5.23.